The molecule has 11 heteroatoms. The maximum Gasteiger partial charge on any atom is 0.132 e. The van der Waals surface area contributed by atoms with Crippen molar-refractivity contribution in [3.63, 3.8) is 0 Å². The molecule has 3 heterocycles. The first-order chi connectivity index (χ1) is 26.5. The zero-order chi connectivity index (χ0) is 38.8. The van der Waals surface area contributed by atoms with Crippen molar-refractivity contribution in [2.75, 3.05) is 7.11 Å². The Morgan fingerprint density at radius 1 is 0.439 bits per heavy atom. The van der Waals surface area contributed by atoms with E-state index in [0.717, 1.165) is 91.2 Å². The number of phenols is 2. The molecule has 6 nitrogen and oxygen atoms in total. The second-order valence-corrected chi connectivity index (χ2v) is 16.7. The first kappa shape index (κ1) is 43.8. The van der Waals surface area contributed by atoms with Gasteiger partial charge in [0.2, 0.25) is 0 Å². The van der Waals surface area contributed by atoms with Gasteiger partial charge in [-0.15, -0.1) is 34.0 Å². The van der Waals surface area contributed by atoms with Crippen LogP contribution in [-0.4, -0.2) is 32.3 Å². The van der Waals surface area contributed by atoms with Crippen molar-refractivity contribution < 1.29 is 53.9 Å². The number of fused-ring (bicyclic) bond motifs is 3. The van der Waals surface area contributed by atoms with Gasteiger partial charge in [-0.1, -0.05) is 54.6 Å². The summed E-state index contributed by atoms with van der Waals surface area (Å²) in [5, 5.41) is 23.1. The van der Waals surface area contributed by atoms with Crippen LogP contribution in [0, 0.1) is 41.5 Å². The van der Waals surface area contributed by atoms with E-state index in [0.29, 0.717) is 11.5 Å². The van der Waals surface area contributed by atoms with Gasteiger partial charge >= 0.3 is 0 Å². The summed E-state index contributed by atoms with van der Waals surface area (Å²) in [4.78, 5) is 13.9. The van der Waals surface area contributed by atoms with E-state index in [2.05, 4.69) is 54.1 Å². The van der Waals surface area contributed by atoms with Gasteiger partial charge < -0.3 is 14.9 Å². The van der Waals surface area contributed by atoms with E-state index < -0.39 is 0 Å². The van der Waals surface area contributed by atoms with Gasteiger partial charge in [-0.2, -0.15) is 0 Å². The summed E-state index contributed by atoms with van der Waals surface area (Å²) < 4.78 is 9.04. The number of aromatic nitrogens is 3. The number of methoxy groups -OCH3 is 1. The van der Waals surface area contributed by atoms with Gasteiger partial charge in [-0.3, -0.25) is 0 Å². The van der Waals surface area contributed by atoms with E-state index in [1.165, 1.54) is 10.3 Å². The molecular weight excluding hydrogens is 870 g/mol. The summed E-state index contributed by atoms with van der Waals surface area (Å²) in [5.74, 6) is 1.59. The Balaban J connectivity index is 0.000000160. The van der Waals surface area contributed by atoms with Crippen molar-refractivity contribution >= 4 is 64.7 Å². The molecule has 3 aromatic heterocycles. The van der Waals surface area contributed by atoms with E-state index in [9.17, 15) is 10.2 Å². The molecule has 57 heavy (non-hydrogen) atoms. The summed E-state index contributed by atoms with van der Waals surface area (Å²) in [6, 6.07) is 36.5. The Labute approximate surface area is 370 Å². The third-order valence-electron chi connectivity index (χ3n) is 9.09. The first-order valence-corrected chi connectivity index (χ1v) is 20.3. The topological polar surface area (TPSA) is 88.4 Å². The molecule has 0 saturated heterocycles. The molecule has 0 spiro atoms. The molecule has 0 unspecified atom stereocenters. The molecular formula is C46H41N3O3S3Zn2. The van der Waals surface area contributed by atoms with E-state index in [4.69, 9.17) is 9.72 Å². The minimum absolute atomic E-state index is 0. The molecule has 0 amide bonds. The fourth-order valence-electron chi connectivity index (χ4n) is 6.59. The number of para-hydroxylation sites is 3. The number of hydrogen-bond acceptors (Lipinski definition) is 9. The van der Waals surface area contributed by atoms with Crippen molar-refractivity contribution in [1.82, 2.24) is 15.0 Å². The molecule has 280 valence electrons. The Kier molecular flexibility index (Phi) is 14.5. The van der Waals surface area contributed by atoms with Crippen LogP contribution in [0.25, 0.3) is 62.4 Å². The molecule has 0 aliphatic carbocycles. The predicted octanol–water partition coefficient (Wildman–Crippen LogP) is 13.2. The van der Waals surface area contributed by atoms with Gasteiger partial charge in [-0.05, 0) is 130 Å². The molecule has 9 rings (SSSR count). The normalized spacial score (nSPS) is 10.6. The van der Waals surface area contributed by atoms with Crippen LogP contribution >= 0.6 is 34.0 Å². The largest absolute Gasteiger partial charge is 0.507 e. The maximum absolute atomic E-state index is 10.2. The van der Waals surface area contributed by atoms with Crippen LogP contribution in [0.4, 0.5) is 0 Å². The summed E-state index contributed by atoms with van der Waals surface area (Å²) in [5.41, 5.74) is 12.2. The van der Waals surface area contributed by atoms with Crippen LogP contribution in [0.2, 0.25) is 0 Å². The van der Waals surface area contributed by atoms with Crippen molar-refractivity contribution in [3.05, 3.63) is 143 Å². The van der Waals surface area contributed by atoms with Gasteiger partial charge in [0, 0.05) is 39.0 Å². The Morgan fingerprint density at radius 3 is 1.11 bits per heavy atom. The number of aromatic hydroxyl groups is 2. The summed E-state index contributed by atoms with van der Waals surface area (Å²) >= 11 is 4.93. The molecule has 0 fully saturated rings. The van der Waals surface area contributed by atoms with Crippen molar-refractivity contribution in [3.8, 4) is 49.0 Å². The average molecular weight is 911 g/mol. The smallest absolute Gasteiger partial charge is 0.132 e. The number of ether oxygens (including phenoxy) is 1. The van der Waals surface area contributed by atoms with Gasteiger partial charge in [-0.25, -0.2) is 15.0 Å². The van der Waals surface area contributed by atoms with Crippen molar-refractivity contribution in [2.24, 2.45) is 0 Å². The van der Waals surface area contributed by atoms with Crippen LogP contribution < -0.4 is 4.74 Å². The number of rotatable bonds is 4. The van der Waals surface area contributed by atoms with Crippen LogP contribution in [0.15, 0.2) is 109 Å². The Morgan fingerprint density at radius 2 is 0.754 bits per heavy atom. The van der Waals surface area contributed by atoms with Crippen LogP contribution in [0.5, 0.6) is 17.2 Å². The second-order valence-electron chi connectivity index (χ2n) is 13.6. The van der Waals surface area contributed by atoms with Crippen LogP contribution in [-0.2, 0) is 39.0 Å². The summed E-state index contributed by atoms with van der Waals surface area (Å²) in [7, 11) is 1.72. The standard InChI is InChI=1S/C16H15NOS.2C15H13NOS.2Zn/c1-10-8-11(2)15(18-3)12(9-10)16-17-13-6-4-5-7-14(13)19-16;2*1-9-7-10(2)14(17)11(8-9)15-16-12-5-3-4-6-13(12)18-15;;/h4-9H,1-3H3;2*3-8,17H,1-2H3;;. The quantitative estimate of drug-likeness (QED) is 0.171. The minimum atomic E-state index is 0. The average Bonchev–Trinajstić information content (AvgIpc) is 3.92. The van der Waals surface area contributed by atoms with Crippen LogP contribution in [0.3, 0.4) is 0 Å². The molecule has 0 aliphatic rings. The Hall–Kier alpha value is -4.36. The fourth-order valence-corrected chi connectivity index (χ4v) is 9.54. The molecule has 6 aromatic carbocycles. The van der Waals surface area contributed by atoms with Gasteiger partial charge in [0.05, 0.1) is 54.5 Å². The summed E-state index contributed by atoms with van der Waals surface area (Å²) in [6.45, 7) is 12.1. The number of hydrogen-bond donors (Lipinski definition) is 2. The Bertz CT molecular complexity index is 2600. The number of nitrogens with zero attached hydrogens (tertiary/aromatic N) is 3. The number of thiazole rings is 3. The molecule has 0 saturated carbocycles. The van der Waals surface area contributed by atoms with Crippen molar-refractivity contribution in [1.29, 1.82) is 0 Å². The maximum atomic E-state index is 10.2. The van der Waals surface area contributed by atoms with Gasteiger partial charge in [0.15, 0.2) is 0 Å². The third-order valence-corrected chi connectivity index (χ3v) is 12.3. The van der Waals surface area contributed by atoms with Gasteiger partial charge in [0.1, 0.15) is 32.3 Å². The SMILES string of the molecule is COc1c(C)cc(C)cc1-c1nc2ccccc2s1.Cc1cc(C)c(O)c(-c2nc3ccccc3s2)c1.Cc1cc(C)c(O)c(-c2nc3ccccc3s2)c1.[Zn].[Zn]. The first-order valence-electron chi connectivity index (χ1n) is 17.8. The number of benzene rings is 6. The minimum Gasteiger partial charge on any atom is -0.507 e. The second kappa shape index (κ2) is 18.9. The van der Waals surface area contributed by atoms with Crippen molar-refractivity contribution in [2.45, 2.75) is 41.5 Å². The van der Waals surface area contributed by atoms with E-state index in [1.54, 1.807) is 41.1 Å². The monoisotopic (exact) mass is 907 g/mol. The van der Waals surface area contributed by atoms with E-state index in [-0.39, 0.29) is 39.0 Å². The third kappa shape index (κ3) is 9.68. The molecule has 0 bridgehead atoms. The van der Waals surface area contributed by atoms with Gasteiger partial charge in [0.25, 0.3) is 0 Å². The van der Waals surface area contributed by atoms with E-state index >= 15 is 0 Å². The van der Waals surface area contributed by atoms with E-state index in [1.807, 2.05) is 107 Å². The molecule has 0 atom stereocenters. The molecule has 0 radical (unpaired) electrons. The molecule has 0 aliphatic heterocycles. The number of aryl methyl sites for hydroxylation is 6. The zero-order valence-electron chi connectivity index (χ0n) is 33.2. The predicted molar refractivity (Wildman–Crippen MR) is 233 cm³/mol. The zero-order valence-corrected chi connectivity index (χ0v) is 41.6. The fraction of sp³-hybridized carbons (Fsp3) is 0.152. The number of phenolic OH excluding ortho intramolecular Hbond substituents is 2. The summed E-state index contributed by atoms with van der Waals surface area (Å²) in [6.07, 6.45) is 0. The molecule has 9 aromatic rings. The van der Waals surface area contributed by atoms with Crippen LogP contribution in [0.1, 0.15) is 33.4 Å². The molecule has 2 N–H and O–H groups in total.